The van der Waals surface area contributed by atoms with Gasteiger partial charge in [-0.15, -0.1) is 0 Å². The summed E-state index contributed by atoms with van der Waals surface area (Å²) >= 11 is 0. The summed E-state index contributed by atoms with van der Waals surface area (Å²) in [7, 11) is 0. The van der Waals surface area contributed by atoms with Gasteiger partial charge in [0.15, 0.2) is 0 Å². The average Bonchev–Trinajstić information content (AvgIpc) is 2.81. The smallest absolute Gasteiger partial charge is 0.410 e. The Labute approximate surface area is 125 Å². The Hall–Kier alpha value is -1.59. The van der Waals surface area contributed by atoms with Crippen molar-refractivity contribution in [2.24, 2.45) is 5.73 Å². The average molecular weight is 292 g/mol. The van der Waals surface area contributed by atoms with Crippen molar-refractivity contribution in [1.82, 2.24) is 4.90 Å². The molecule has 2 atom stereocenters. The number of nitrogens with two attached hydrogens (primary N) is 1. The molecule has 21 heavy (non-hydrogen) atoms. The molecular weight excluding hydrogens is 268 g/mol. The summed E-state index contributed by atoms with van der Waals surface area (Å²) in [5.41, 5.74) is 5.41. The van der Waals surface area contributed by atoms with E-state index in [1.54, 1.807) is 0 Å². The van der Waals surface area contributed by atoms with Crippen LogP contribution in [0.4, 0.5) is 4.79 Å². The fourth-order valence-corrected chi connectivity index (χ4v) is 2.52. The molecule has 5 nitrogen and oxygen atoms in total. The second kappa shape index (κ2) is 5.66. The van der Waals surface area contributed by atoms with Crippen LogP contribution < -0.4 is 5.73 Å². The van der Waals surface area contributed by atoms with E-state index in [4.69, 9.17) is 10.5 Å². The van der Waals surface area contributed by atoms with Gasteiger partial charge in [-0.05, 0) is 32.8 Å². The Morgan fingerprint density at radius 1 is 1.38 bits per heavy atom. The summed E-state index contributed by atoms with van der Waals surface area (Å²) in [5.74, 6) is 0. The highest BCUT2D eigenvalue weighted by molar-refractivity contribution is 5.68. The van der Waals surface area contributed by atoms with E-state index in [9.17, 15) is 9.90 Å². The van der Waals surface area contributed by atoms with E-state index in [0.717, 1.165) is 5.56 Å². The summed E-state index contributed by atoms with van der Waals surface area (Å²) in [4.78, 5) is 13.6. The predicted molar refractivity (Wildman–Crippen MR) is 80.7 cm³/mol. The van der Waals surface area contributed by atoms with Gasteiger partial charge >= 0.3 is 6.09 Å². The molecule has 1 aromatic carbocycles. The van der Waals surface area contributed by atoms with E-state index >= 15 is 0 Å². The van der Waals surface area contributed by atoms with Crippen molar-refractivity contribution in [2.75, 3.05) is 13.1 Å². The van der Waals surface area contributed by atoms with Crippen molar-refractivity contribution in [3.63, 3.8) is 0 Å². The summed E-state index contributed by atoms with van der Waals surface area (Å²) in [6.45, 7) is 6.11. The zero-order valence-electron chi connectivity index (χ0n) is 12.9. The number of carbonyl (C=O) groups is 1. The molecule has 0 aliphatic carbocycles. The minimum atomic E-state index is -1.11. The van der Waals surface area contributed by atoms with Crippen LogP contribution in [-0.2, 0) is 4.74 Å². The van der Waals surface area contributed by atoms with E-state index in [1.165, 1.54) is 4.90 Å². The maximum atomic E-state index is 12.1. The Bertz CT molecular complexity index is 498. The van der Waals surface area contributed by atoms with E-state index in [0.29, 0.717) is 13.0 Å². The van der Waals surface area contributed by atoms with Crippen molar-refractivity contribution in [3.05, 3.63) is 35.9 Å². The van der Waals surface area contributed by atoms with Gasteiger partial charge in [-0.25, -0.2) is 4.79 Å². The fourth-order valence-electron chi connectivity index (χ4n) is 2.52. The molecule has 2 unspecified atom stereocenters. The Morgan fingerprint density at radius 3 is 2.57 bits per heavy atom. The van der Waals surface area contributed by atoms with Crippen LogP contribution in [0.15, 0.2) is 30.3 Å². The van der Waals surface area contributed by atoms with Gasteiger partial charge in [0.05, 0.1) is 12.6 Å². The van der Waals surface area contributed by atoms with Crippen LogP contribution >= 0.6 is 0 Å². The van der Waals surface area contributed by atoms with Crippen LogP contribution in [-0.4, -0.2) is 40.4 Å². The molecule has 1 amide bonds. The van der Waals surface area contributed by atoms with E-state index in [2.05, 4.69) is 0 Å². The van der Waals surface area contributed by atoms with E-state index in [-0.39, 0.29) is 6.54 Å². The lowest BCUT2D eigenvalue weighted by Gasteiger charge is -2.30. The monoisotopic (exact) mass is 292 g/mol. The predicted octanol–water partition coefficient (Wildman–Crippen LogP) is 2.06. The first kappa shape index (κ1) is 15.8. The van der Waals surface area contributed by atoms with Gasteiger partial charge in [-0.3, -0.25) is 0 Å². The van der Waals surface area contributed by atoms with Crippen LogP contribution in [0.5, 0.6) is 0 Å². The van der Waals surface area contributed by atoms with Gasteiger partial charge in [0.2, 0.25) is 0 Å². The quantitative estimate of drug-likeness (QED) is 0.875. The molecule has 0 radical (unpaired) electrons. The molecule has 2 rings (SSSR count). The molecule has 5 heteroatoms. The molecule has 0 spiro atoms. The van der Waals surface area contributed by atoms with Crippen LogP contribution in [0, 0.1) is 0 Å². The highest BCUT2D eigenvalue weighted by Gasteiger charge is 2.44. The van der Waals surface area contributed by atoms with Gasteiger partial charge < -0.3 is 20.5 Å². The van der Waals surface area contributed by atoms with Gasteiger partial charge in [-0.2, -0.15) is 0 Å². The van der Waals surface area contributed by atoms with Gasteiger partial charge in [0.1, 0.15) is 11.2 Å². The van der Waals surface area contributed by atoms with Crippen LogP contribution in [0.1, 0.15) is 38.8 Å². The minimum absolute atomic E-state index is 0.192. The van der Waals surface area contributed by atoms with E-state index in [1.807, 2.05) is 51.1 Å². The third-order valence-electron chi connectivity index (χ3n) is 3.67. The minimum Gasteiger partial charge on any atom is -0.444 e. The van der Waals surface area contributed by atoms with Crippen LogP contribution in [0.3, 0.4) is 0 Å². The van der Waals surface area contributed by atoms with Crippen molar-refractivity contribution in [1.29, 1.82) is 0 Å². The number of β-amino-alcohol motifs (C(OH)–C–C–N with tert-alkyl or cyclic N) is 1. The summed E-state index contributed by atoms with van der Waals surface area (Å²) < 4.78 is 5.34. The summed E-state index contributed by atoms with van der Waals surface area (Å²) in [6.07, 6.45) is 0.0427. The molecule has 1 heterocycles. The number of ether oxygens (including phenoxy) is 1. The molecule has 0 aromatic heterocycles. The molecule has 1 saturated heterocycles. The maximum Gasteiger partial charge on any atom is 0.410 e. The van der Waals surface area contributed by atoms with Gasteiger partial charge in [0.25, 0.3) is 0 Å². The van der Waals surface area contributed by atoms with Gasteiger partial charge in [-0.1, -0.05) is 30.3 Å². The highest BCUT2D eigenvalue weighted by Crippen LogP contribution is 2.33. The van der Waals surface area contributed by atoms with Crippen molar-refractivity contribution >= 4 is 6.09 Å². The Kier molecular flexibility index (Phi) is 4.25. The number of likely N-dealkylation sites (tertiary alicyclic amines) is 1. The SMILES string of the molecule is CC(C)(C)OC(=O)N1CCC(O)(C(N)c2ccccc2)C1. The summed E-state index contributed by atoms with van der Waals surface area (Å²) in [5, 5.41) is 10.8. The molecule has 0 bridgehead atoms. The van der Waals surface area contributed by atoms with Crippen molar-refractivity contribution < 1.29 is 14.6 Å². The Morgan fingerprint density at radius 2 is 2.00 bits per heavy atom. The fraction of sp³-hybridized carbons (Fsp3) is 0.562. The van der Waals surface area contributed by atoms with E-state index < -0.39 is 23.3 Å². The first-order valence-electron chi connectivity index (χ1n) is 7.22. The van der Waals surface area contributed by atoms with Crippen LogP contribution in [0.25, 0.3) is 0 Å². The third-order valence-corrected chi connectivity index (χ3v) is 3.67. The standard InChI is InChI=1S/C16H24N2O3/c1-15(2,3)21-14(19)18-10-9-16(20,11-18)13(17)12-7-5-4-6-8-12/h4-8,13,20H,9-11,17H2,1-3H3. The molecule has 0 saturated carbocycles. The lowest BCUT2D eigenvalue weighted by molar-refractivity contribution is 0.00508. The lowest BCUT2D eigenvalue weighted by Crippen LogP contribution is -2.45. The van der Waals surface area contributed by atoms with Crippen molar-refractivity contribution in [3.8, 4) is 0 Å². The third kappa shape index (κ3) is 3.74. The zero-order chi connectivity index (χ0) is 15.7. The number of benzene rings is 1. The van der Waals surface area contributed by atoms with Gasteiger partial charge in [0, 0.05) is 6.54 Å². The number of amides is 1. The second-order valence-electron chi connectivity index (χ2n) is 6.64. The number of hydrogen-bond acceptors (Lipinski definition) is 4. The number of hydrogen-bond donors (Lipinski definition) is 2. The molecule has 1 fully saturated rings. The molecule has 1 aliphatic rings. The number of rotatable bonds is 2. The molecule has 1 aromatic rings. The first-order valence-corrected chi connectivity index (χ1v) is 7.22. The summed E-state index contributed by atoms with van der Waals surface area (Å²) in [6, 6.07) is 8.93. The second-order valence-corrected chi connectivity index (χ2v) is 6.64. The number of aliphatic hydroxyl groups is 1. The number of carbonyl (C=O) groups excluding carboxylic acids is 1. The number of nitrogens with zero attached hydrogens (tertiary/aromatic N) is 1. The normalized spacial score (nSPS) is 24.0. The maximum absolute atomic E-state index is 12.1. The zero-order valence-corrected chi connectivity index (χ0v) is 12.9. The first-order chi connectivity index (χ1) is 9.71. The topological polar surface area (TPSA) is 75.8 Å². The highest BCUT2D eigenvalue weighted by atomic mass is 16.6. The molecule has 1 aliphatic heterocycles. The molecule has 116 valence electrons. The largest absolute Gasteiger partial charge is 0.444 e. The molecular formula is C16H24N2O3. The van der Waals surface area contributed by atoms with Crippen LogP contribution in [0.2, 0.25) is 0 Å². The lowest BCUT2D eigenvalue weighted by atomic mass is 9.88. The molecule has 3 N–H and O–H groups in total. The Balaban J connectivity index is 2.05. The van der Waals surface area contributed by atoms with Crippen molar-refractivity contribution in [2.45, 2.75) is 44.4 Å².